The number of rotatable bonds is 4. The number of pyridine rings is 1. The Morgan fingerprint density at radius 3 is 2.63 bits per heavy atom. The van der Waals surface area contributed by atoms with E-state index in [1.165, 1.54) is 6.33 Å². The molecule has 0 aliphatic rings. The average Bonchev–Trinajstić information content (AvgIpc) is 3.40. The summed E-state index contributed by atoms with van der Waals surface area (Å²) >= 11 is 0. The minimum atomic E-state index is -0.222. The van der Waals surface area contributed by atoms with Crippen LogP contribution in [0.25, 0.3) is 22.5 Å². The zero-order valence-electron chi connectivity index (χ0n) is 16.2. The van der Waals surface area contributed by atoms with Crippen LogP contribution < -0.4 is 5.32 Å². The van der Waals surface area contributed by atoms with Gasteiger partial charge >= 0.3 is 0 Å². The van der Waals surface area contributed by atoms with Gasteiger partial charge in [-0.3, -0.25) is 4.79 Å². The topological polar surface area (TPSA) is 77.1 Å². The van der Waals surface area contributed by atoms with E-state index in [1.54, 1.807) is 29.3 Å². The van der Waals surface area contributed by atoms with Crippen LogP contribution in [-0.2, 0) is 0 Å². The van der Waals surface area contributed by atoms with Crippen molar-refractivity contribution in [2.24, 2.45) is 0 Å². The van der Waals surface area contributed by atoms with Crippen molar-refractivity contribution < 1.29 is 4.79 Å². The van der Waals surface area contributed by atoms with Gasteiger partial charge in [0.05, 0.1) is 6.20 Å². The van der Waals surface area contributed by atoms with Crippen LogP contribution in [0.4, 0.5) is 5.69 Å². The number of hydrogen-bond acceptors (Lipinski definition) is 4. The zero-order chi connectivity index (χ0) is 20.5. The summed E-state index contributed by atoms with van der Waals surface area (Å²) in [5, 5.41) is 7.35. The predicted molar refractivity (Wildman–Crippen MR) is 115 cm³/mol. The molecule has 0 spiro atoms. The van der Waals surface area contributed by atoms with Gasteiger partial charge in [-0.25, -0.2) is 14.6 Å². The molecule has 146 valence electrons. The number of benzene rings is 1. The van der Waals surface area contributed by atoms with Gasteiger partial charge in [-0.05, 0) is 48.9 Å². The van der Waals surface area contributed by atoms with Crippen molar-refractivity contribution in [1.29, 1.82) is 0 Å². The Hall–Kier alpha value is -4.26. The molecule has 0 aliphatic heterocycles. The SMILES string of the molecule is Cc1cccc(NC(=O)c2ccnn2-c2ccc3ccc(-c4cncnc4)cn23)c1. The standard InChI is InChI=1S/C23H18N6O/c1-16-3-2-4-19(11-16)27-23(30)21-9-10-26-29(21)22-8-7-20-6-5-17(14-28(20)22)18-12-24-15-25-13-18/h2-15H,1H3,(H,27,30). The third kappa shape index (κ3) is 3.22. The highest BCUT2D eigenvalue weighted by Gasteiger charge is 2.16. The summed E-state index contributed by atoms with van der Waals surface area (Å²) in [6, 6.07) is 17.4. The molecular weight excluding hydrogens is 376 g/mol. The van der Waals surface area contributed by atoms with E-state index >= 15 is 0 Å². The number of carbonyl (C=O) groups excluding carboxylic acids is 1. The first kappa shape index (κ1) is 17.8. The number of amides is 1. The van der Waals surface area contributed by atoms with E-state index in [-0.39, 0.29) is 5.91 Å². The summed E-state index contributed by atoms with van der Waals surface area (Å²) < 4.78 is 3.64. The predicted octanol–water partition coefficient (Wildman–Crippen LogP) is 4.14. The van der Waals surface area contributed by atoms with Gasteiger partial charge in [0.25, 0.3) is 5.91 Å². The number of hydrogen-bond donors (Lipinski definition) is 1. The molecular formula is C23H18N6O. The highest BCUT2D eigenvalue weighted by atomic mass is 16.2. The van der Waals surface area contributed by atoms with E-state index in [0.717, 1.165) is 33.7 Å². The molecule has 30 heavy (non-hydrogen) atoms. The summed E-state index contributed by atoms with van der Waals surface area (Å²) in [7, 11) is 0. The fraction of sp³-hybridized carbons (Fsp3) is 0.0435. The molecule has 0 saturated carbocycles. The third-order valence-corrected chi connectivity index (χ3v) is 4.89. The minimum Gasteiger partial charge on any atom is -0.321 e. The van der Waals surface area contributed by atoms with Crippen LogP contribution in [0.1, 0.15) is 16.1 Å². The van der Waals surface area contributed by atoms with Crippen molar-refractivity contribution in [3.05, 3.63) is 97.0 Å². The largest absolute Gasteiger partial charge is 0.321 e. The van der Waals surface area contributed by atoms with E-state index in [4.69, 9.17) is 0 Å². The Morgan fingerprint density at radius 1 is 0.967 bits per heavy atom. The number of aryl methyl sites for hydroxylation is 1. The van der Waals surface area contributed by atoms with Crippen molar-refractivity contribution >= 4 is 17.1 Å². The smallest absolute Gasteiger partial charge is 0.274 e. The van der Waals surface area contributed by atoms with E-state index < -0.39 is 0 Å². The normalized spacial score (nSPS) is 11.0. The van der Waals surface area contributed by atoms with E-state index in [9.17, 15) is 4.79 Å². The van der Waals surface area contributed by atoms with Gasteiger partial charge in [0.1, 0.15) is 17.8 Å². The Balaban J connectivity index is 1.54. The molecule has 0 unspecified atom stereocenters. The molecule has 0 fully saturated rings. The molecule has 5 rings (SSSR count). The summed E-state index contributed by atoms with van der Waals surface area (Å²) in [5.41, 5.74) is 5.15. The maximum atomic E-state index is 12.9. The lowest BCUT2D eigenvalue weighted by molar-refractivity contribution is 0.101. The maximum Gasteiger partial charge on any atom is 0.274 e. The van der Waals surface area contributed by atoms with Gasteiger partial charge in [-0.1, -0.05) is 18.2 Å². The average molecular weight is 394 g/mol. The molecule has 0 aliphatic carbocycles. The lowest BCUT2D eigenvalue weighted by Gasteiger charge is -2.10. The van der Waals surface area contributed by atoms with Gasteiger partial charge in [0, 0.05) is 40.9 Å². The molecule has 0 bridgehead atoms. The molecule has 1 amide bonds. The van der Waals surface area contributed by atoms with Crippen LogP contribution in [-0.4, -0.2) is 30.1 Å². The summed E-state index contributed by atoms with van der Waals surface area (Å²) in [6.07, 6.45) is 8.66. The minimum absolute atomic E-state index is 0.222. The number of carbonyl (C=O) groups is 1. The second kappa shape index (κ2) is 7.29. The van der Waals surface area contributed by atoms with Crippen LogP contribution in [0.3, 0.4) is 0 Å². The van der Waals surface area contributed by atoms with Crippen LogP contribution in [0.15, 0.2) is 85.7 Å². The Bertz CT molecular complexity index is 1350. The molecule has 1 aromatic carbocycles. The fourth-order valence-corrected chi connectivity index (χ4v) is 3.45. The first-order valence-electron chi connectivity index (χ1n) is 9.48. The third-order valence-electron chi connectivity index (χ3n) is 4.89. The second-order valence-electron chi connectivity index (χ2n) is 6.98. The Morgan fingerprint density at radius 2 is 1.80 bits per heavy atom. The van der Waals surface area contributed by atoms with Crippen LogP contribution in [0.5, 0.6) is 0 Å². The van der Waals surface area contributed by atoms with E-state index in [2.05, 4.69) is 20.4 Å². The zero-order valence-corrected chi connectivity index (χ0v) is 16.2. The van der Waals surface area contributed by atoms with Crippen molar-refractivity contribution in [3.8, 4) is 16.9 Å². The van der Waals surface area contributed by atoms with Crippen molar-refractivity contribution in [1.82, 2.24) is 24.1 Å². The van der Waals surface area contributed by atoms with Gasteiger partial charge in [-0.15, -0.1) is 0 Å². The molecule has 7 nitrogen and oxygen atoms in total. The Kier molecular flexibility index (Phi) is 4.33. The second-order valence-corrected chi connectivity index (χ2v) is 6.98. The van der Waals surface area contributed by atoms with Gasteiger partial charge in [0.15, 0.2) is 0 Å². The molecule has 1 N–H and O–H groups in total. The molecule has 7 heteroatoms. The summed E-state index contributed by atoms with van der Waals surface area (Å²) in [6.45, 7) is 1.99. The van der Waals surface area contributed by atoms with Crippen LogP contribution >= 0.6 is 0 Å². The van der Waals surface area contributed by atoms with Gasteiger partial charge in [-0.2, -0.15) is 5.10 Å². The van der Waals surface area contributed by atoms with Gasteiger partial charge in [0.2, 0.25) is 0 Å². The number of nitrogens with zero attached hydrogens (tertiary/aromatic N) is 5. The van der Waals surface area contributed by atoms with E-state index in [1.807, 2.05) is 66.1 Å². The quantitative estimate of drug-likeness (QED) is 0.497. The summed E-state index contributed by atoms with van der Waals surface area (Å²) in [5.74, 6) is 0.545. The van der Waals surface area contributed by atoms with Crippen molar-refractivity contribution in [2.75, 3.05) is 5.32 Å². The lowest BCUT2D eigenvalue weighted by Crippen LogP contribution is -2.17. The van der Waals surface area contributed by atoms with Crippen LogP contribution in [0, 0.1) is 6.92 Å². The number of nitrogens with one attached hydrogen (secondary N) is 1. The summed E-state index contributed by atoms with van der Waals surface area (Å²) in [4.78, 5) is 21.1. The van der Waals surface area contributed by atoms with Gasteiger partial charge < -0.3 is 9.72 Å². The fourth-order valence-electron chi connectivity index (χ4n) is 3.45. The molecule has 0 saturated heterocycles. The first-order valence-corrected chi connectivity index (χ1v) is 9.48. The Labute approximate surface area is 172 Å². The maximum absolute atomic E-state index is 12.9. The molecule has 5 aromatic rings. The van der Waals surface area contributed by atoms with E-state index in [0.29, 0.717) is 5.69 Å². The molecule has 0 atom stereocenters. The van der Waals surface area contributed by atoms with Crippen molar-refractivity contribution in [2.45, 2.75) is 6.92 Å². The first-order chi connectivity index (χ1) is 14.7. The molecule has 4 heterocycles. The molecule has 4 aromatic heterocycles. The number of aromatic nitrogens is 5. The highest BCUT2D eigenvalue weighted by Crippen LogP contribution is 2.23. The number of anilines is 1. The molecule has 0 radical (unpaired) electrons. The van der Waals surface area contributed by atoms with Crippen molar-refractivity contribution in [3.63, 3.8) is 0 Å². The lowest BCUT2D eigenvalue weighted by atomic mass is 10.1. The monoisotopic (exact) mass is 394 g/mol. The highest BCUT2D eigenvalue weighted by molar-refractivity contribution is 6.03. The van der Waals surface area contributed by atoms with Crippen LogP contribution in [0.2, 0.25) is 0 Å². The number of fused-ring (bicyclic) bond motifs is 1.